The number of carbonyl (C=O) groups is 2. The molecule has 0 aliphatic rings. The molecule has 19 heavy (non-hydrogen) atoms. The summed E-state index contributed by atoms with van der Waals surface area (Å²) in [7, 11) is 0. The van der Waals surface area contributed by atoms with Gasteiger partial charge < -0.3 is 14.9 Å². The van der Waals surface area contributed by atoms with Gasteiger partial charge in [0, 0.05) is 6.07 Å². The van der Waals surface area contributed by atoms with Gasteiger partial charge in [0.2, 0.25) is 0 Å². The summed E-state index contributed by atoms with van der Waals surface area (Å²) in [6, 6.07) is 2.39. The van der Waals surface area contributed by atoms with E-state index in [0.29, 0.717) is 5.56 Å². The molecule has 6 heteroatoms. The molecule has 0 heterocycles. The molecule has 6 nitrogen and oxygen atoms in total. The van der Waals surface area contributed by atoms with Crippen molar-refractivity contribution in [2.45, 2.75) is 33.3 Å². The van der Waals surface area contributed by atoms with E-state index >= 15 is 0 Å². The number of nitrogens with one attached hydrogen (secondary N) is 1. The minimum absolute atomic E-state index is 0.0777. The number of amides is 1. The molecule has 0 aliphatic carbocycles. The smallest absolute Gasteiger partial charge is 0.412 e. The molecule has 0 spiro atoms. The lowest BCUT2D eigenvalue weighted by Crippen LogP contribution is -2.27. The third kappa shape index (κ3) is 4.17. The maximum Gasteiger partial charge on any atom is 0.412 e. The number of carboxylic acid groups (broad SMARTS) is 1. The van der Waals surface area contributed by atoms with Crippen LogP contribution >= 0.6 is 0 Å². The quantitative estimate of drug-likeness (QED) is 0.765. The molecule has 0 bridgehead atoms. The van der Waals surface area contributed by atoms with Crippen LogP contribution in [0.25, 0.3) is 0 Å². The molecule has 0 aromatic heterocycles. The molecular weight excluding hydrogens is 250 g/mol. The summed E-state index contributed by atoms with van der Waals surface area (Å²) in [4.78, 5) is 22.6. The highest BCUT2D eigenvalue weighted by molar-refractivity contribution is 5.94. The van der Waals surface area contributed by atoms with E-state index < -0.39 is 17.7 Å². The zero-order valence-corrected chi connectivity index (χ0v) is 11.3. The molecule has 3 N–H and O–H groups in total. The Morgan fingerprint density at radius 1 is 1.26 bits per heavy atom. The SMILES string of the molecule is Cc1c(NC(=O)OC(C)(C)C)cc(O)cc1C(=O)O. The molecule has 0 fully saturated rings. The Kier molecular flexibility index (Phi) is 4.04. The summed E-state index contributed by atoms with van der Waals surface area (Å²) in [5, 5.41) is 20.9. The molecule has 104 valence electrons. The number of hydrogen-bond donors (Lipinski definition) is 3. The highest BCUT2D eigenvalue weighted by Gasteiger charge is 2.19. The summed E-state index contributed by atoms with van der Waals surface area (Å²) in [5.41, 5.74) is -0.196. The molecule has 1 rings (SSSR count). The van der Waals surface area contributed by atoms with Gasteiger partial charge in [0.15, 0.2) is 0 Å². The van der Waals surface area contributed by atoms with Crippen LogP contribution in [0.15, 0.2) is 12.1 Å². The zero-order valence-electron chi connectivity index (χ0n) is 11.3. The van der Waals surface area contributed by atoms with E-state index in [1.807, 2.05) is 0 Å². The third-order valence-corrected chi connectivity index (χ3v) is 2.26. The number of phenolic OH excluding ortho intramolecular Hbond substituents is 1. The number of aromatic carboxylic acids is 1. The van der Waals surface area contributed by atoms with Gasteiger partial charge in [-0.25, -0.2) is 9.59 Å². The first-order valence-corrected chi connectivity index (χ1v) is 5.67. The minimum atomic E-state index is -1.18. The number of carbonyl (C=O) groups excluding carboxylic acids is 1. The van der Waals surface area contributed by atoms with Gasteiger partial charge in [-0.2, -0.15) is 0 Å². The van der Waals surface area contributed by atoms with Gasteiger partial charge in [-0.3, -0.25) is 5.32 Å². The van der Waals surface area contributed by atoms with E-state index in [4.69, 9.17) is 9.84 Å². The van der Waals surface area contributed by atoms with Crippen LogP contribution in [0.4, 0.5) is 10.5 Å². The lowest BCUT2D eigenvalue weighted by Gasteiger charge is -2.20. The van der Waals surface area contributed by atoms with Gasteiger partial charge in [-0.1, -0.05) is 0 Å². The van der Waals surface area contributed by atoms with Crippen LogP contribution in [-0.4, -0.2) is 27.9 Å². The Balaban J connectivity index is 3.02. The highest BCUT2D eigenvalue weighted by Crippen LogP contribution is 2.26. The lowest BCUT2D eigenvalue weighted by molar-refractivity contribution is 0.0632. The molecule has 1 aromatic rings. The first kappa shape index (κ1) is 14.8. The van der Waals surface area contributed by atoms with Crippen LogP contribution in [-0.2, 0) is 4.74 Å². The van der Waals surface area contributed by atoms with E-state index in [1.54, 1.807) is 20.8 Å². The van der Waals surface area contributed by atoms with E-state index in [0.717, 1.165) is 6.07 Å². The van der Waals surface area contributed by atoms with Gasteiger partial charge in [-0.15, -0.1) is 0 Å². The molecule has 0 unspecified atom stereocenters. The number of anilines is 1. The second-order valence-corrected chi connectivity index (χ2v) is 5.10. The van der Waals surface area contributed by atoms with Crippen LogP contribution < -0.4 is 5.32 Å². The van der Waals surface area contributed by atoms with Gasteiger partial charge in [0.05, 0.1) is 11.3 Å². The molecule has 1 amide bonds. The van der Waals surface area contributed by atoms with E-state index in [2.05, 4.69) is 5.32 Å². The average Bonchev–Trinajstić information content (AvgIpc) is 2.19. The Morgan fingerprint density at radius 2 is 1.84 bits per heavy atom. The van der Waals surface area contributed by atoms with Crippen LogP contribution in [0.1, 0.15) is 36.7 Å². The fourth-order valence-corrected chi connectivity index (χ4v) is 1.46. The van der Waals surface area contributed by atoms with E-state index in [1.165, 1.54) is 13.0 Å². The number of hydrogen-bond acceptors (Lipinski definition) is 4. The number of aromatic hydroxyl groups is 1. The standard InChI is InChI=1S/C13H17NO5/c1-7-9(11(16)17)5-8(15)6-10(7)14-12(18)19-13(2,3)4/h5-6,15H,1-4H3,(H,14,18)(H,16,17). The minimum Gasteiger partial charge on any atom is -0.508 e. The molecule has 0 aliphatic heterocycles. The van der Waals surface area contributed by atoms with Crippen molar-refractivity contribution in [2.24, 2.45) is 0 Å². The number of phenols is 1. The van der Waals surface area contributed by atoms with Crippen molar-refractivity contribution in [3.63, 3.8) is 0 Å². The predicted octanol–water partition coefficient (Wildman–Crippen LogP) is 2.75. The molecule has 1 aromatic carbocycles. The van der Waals surface area contributed by atoms with Crippen molar-refractivity contribution in [2.75, 3.05) is 5.32 Å². The third-order valence-electron chi connectivity index (χ3n) is 2.26. The number of rotatable bonds is 2. The fraction of sp³-hybridized carbons (Fsp3) is 0.385. The summed E-state index contributed by atoms with van der Waals surface area (Å²) in [6.07, 6.45) is -0.711. The van der Waals surface area contributed by atoms with Crippen molar-refractivity contribution >= 4 is 17.7 Å². The normalized spacial score (nSPS) is 10.9. The van der Waals surface area contributed by atoms with Crippen molar-refractivity contribution < 1.29 is 24.5 Å². The van der Waals surface area contributed by atoms with Crippen molar-refractivity contribution in [3.8, 4) is 5.75 Å². The zero-order chi connectivity index (χ0) is 14.8. The maximum absolute atomic E-state index is 11.6. The summed E-state index contributed by atoms with van der Waals surface area (Å²) in [6.45, 7) is 6.68. The molecule has 0 saturated carbocycles. The Bertz CT molecular complexity index is 517. The van der Waals surface area contributed by atoms with Gasteiger partial charge in [0.25, 0.3) is 0 Å². The average molecular weight is 267 g/mol. The summed E-state index contributed by atoms with van der Waals surface area (Å²) in [5.74, 6) is -1.42. The first-order valence-electron chi connectivity index (χ1n) is 5.67. The predicted molar refractivity (Wildman–Crippen MR) is 69.7 cm³/mol. The summed E-state index contributed by atoms with van der Waals surface area (Å²) < 4.78 is 5.06. The fourth-order valence-electron chi connectivity index (χ4n) is 1.46. The highest BCUT2D eigenvalue weighted by atomic mass is 16.6. The Morgan fingerprint density at radius 3 is 2.32 bits per heavy atom. The molecular formula is C13H17NO5. The van der Waals surface area contributed by atoms with Gasteiger partial charge >= 0.3 is 12.1 Å². The largest absolute Gasteiger partial charge is 0.508 e. The Hall–Kier alpha value is -2.24. The lowest BCUT2D eigenvalue weighted by atomic mass is 10.1. The van der Waals surface area contributed by atoms with E-state index in [-0.39, 0.29) is 17.0 Å². The number of carboxylic acids is 1. The number of ether oxygens (including phenoxy) is 1. The monoisotopic (exact) mass is 267 g/mol. The van der Waals surface area contributed by atoms with Crippen LogP contribution in [0.5, 0.6) is 5.75 Å². The maximum atomic E-state index is 11.6. The topological polar surface area (TPSA) is 95.9 Å². The van der Waals surface area contributed by atoms with Crippen molar-refractivity contribution in [3.05, 3.63) is 23.3 Å². The van der Waals surface area contributed by atoms with Gasteiger partial charge in [-0.05, 0) is 39.3 Å². The summed E-state index contributed by atoms with van der Waals surface area (Å²) >= 11 is 0. The second-order valence-electron chi connectivity index (χ2n) is 5.10. The molecule has 0 saturated heterocycles. The molecule has 0 atom stereocenters. The van der Waals surface area contributed by atoms with Gasteiger partial charge in [0.1, 0.15) is 11.4 Å². The number of benzene rings is 1. The van der Waals surface area contributed by atoms with Crippen LogP contribution in [0, 0.1) is 6.92 Å². The molecule has 0 radical (unpaired) electrons. The Labute approximate surface area is 111 Å². The van der Waals surface area contributed by atoms with Crippen molar-refractivity contribution in [1.29, 1.82) is 0 Å². The van der Waals surface area contributed by atoms with E-state index in [9.17, 15) is 14.7 Å². The van der Waals surface area contributed by atoms with Crippen LogP contribution in [0.2, 0.25) is 0 Å². The second kappa shape index (κ2) is 5.17. The van der Waals surface area contributed by atoms with Crippen molar-refractivity contribution in [1.82, 2.24) is 0 Å². The van der Waals surface area contributed by atoms with Crippen LogP contribution in [0.3, 0.4) is 0 Å². The first-order chi connectivity index (χ1) is 8.60.